The number of thioether (sulfide) groups is 1. The number of imidazole rings is 1. The Balaban J connectivity index is 1.86. The number of carboxylic acids is 2. The minimum absolute atomic E-state index is 0.00289. The summed E-state index contributed by atoms with van der Waals surface area (Å²) in [5.41, 5.74) is 7.89. The number of amides is 8. The molecule has 0 radical (unpaired) electrons. The SMILES string of the molecule is CSCC[C@H](NC(=O)[C@H](CCC(=O)O)NC(=O)[C@H](CC(C)C)NC(=O)[C@@H](N)Cc1ccccc1)C(=O)N[C@@H](Cc1cnc[nH]1)C(=O)N[C@@H](C)C(=O)N[C@@H](Cc1ccc(O)cc1)C(=O)N[C@@H](CC(C)C)C(=O)N[C@H](C(=O)O)C(C)C. The van der Waals surface area contributed by atoms with E-state index in [9.17, 15) is 63.3 Å². The molecule has 0 unspecified atom stereocenters. The van der Waals surface area contributed by atoms with E-state index in [1.165, 1.54) is 55.5 Å². The van der Waals surface area contributed by atoms with Crippen LogP contribution in [0, 0.1) is 17.8 Å². The van der Waals surface area contributed by atoms with Crippen LogP contribution in [0.25, 0.3) is 0 Å². The molecule has 0 fully saturated rings. The van der Waals surface area contributed by atoms with Gasteiger partial charge in [-0.15, -0.1) is 0 Å². The summed E-state index contributed by atoms with van der Waals surface area (Å²) in [5.74, 6) is -9.55. The zero-order chi connectivity index (χ0) is 58.9. The monoisotopic (exact) mass is 1120 g/mol. The first-order valence-electron chi connectivity index (χ1n) is 26.2. The number of hydrogen-bond donors (Lipinski definition) is 13. The van der Waals surface area contributed by atoms with Crippen LogP contribution in [-0.4, -0.2) is 151 Å². The summed E-state index contributed by atoms with van der Waals surface area (Å²) in [7, 11) is 0. The fraction of sp³-hybridized carbons (Fsp3) is 0.537. The number of aromatic nitrogens is 2. The Morgan fingerprint density at radius 3 is 1.54 bits per heavy atom. The standard InChI is InChI=1S/C54H79N11O13S/c1-29(2)22-40(62-47(70)37(55)24-33-12-10-9-11-13-33)51(74)59-38(18-19-44(67)68)48(71)60-39(20-21-79-8)49(72)64-43(26-35-27-56-28-57-35)50(73)58-32(7)46(69)61-42(25-34-14-16-36(66)17-15-34)52(75)63-41(23-30(3)4)53(76)65-45(31(5)6)54(77)78/h9-17,27-32,37-43,45,66H,18-26,55H2,1-8H3,(H,56,57)(H,58,73)(H,59,74)(H,60,71)(H,61,69)(H,62,70)(H,63,75)(H,64,72)(H,65,76)(H,67,68)(H,77,78)/t32-,37-,38-,39-,40-,41-,42-,43-,45-/m0/s1. The van der Waals surface area contributed by atoms with Gasteiger partial charge >= 0.3 is 11.9 Å². The van der Waals surface area contributed by atoms with Crippen molar-refractivity contribution in [3.8, 4) is 5.75 Å². The van der Waals surface area contributed by atoms with E-state index < -0.39 is 132 Å². The molecule has 3 rings (SSSR count). The fourth-order valence-corrected chi connectivity index (χ4v) is 8.59. The summed E-state index contributed by atoms with van der Waals surface area (Å²) in [6, 6.07) is 3.08. The Hall–Kier alpha value is -7.54. The highest BCUT2D eigenvalue weighted by atomic mass is 32.2. The number of aromatic hydroxyl groups is 1. The molecule has 25 heteroatoms. The number of aliphatic carboxylic acids is 2. The van der Waals surface area contributed by atoms with E-state index in [0.717, 1.165) is 5.56 Å². The minimum Gasteiger partial charge on any atom is -0.508 e. The molecule has 0 spiro atoms. The van der Waals surface area contributed by atoms with E-state index in [4.69, 9.17) is 5.73 Å². The quantitative estimate of drug-likeness (QED) is 0.0394. The van der Waals surface area contributed by atoms with Gasteiger partial charge in [0.25, 0.3) is 0 Å². The van der Waals surface area contributed by atoms with Crippen molar-refractivity contribution < 1.29 is 63.3 Å². The normalized spacial score (nSPS) is 14.7. The molecule has 0 saturated heterocycles. The number of nitrogens with zero attached hydrogens (tertiary/aromatic N) is 1. The van der Waals surface area contributed by atoms with Gasteiger partial charge in [0.1, 0.15) is 54.1 Å². The highest BCUT2D eigenvalue weighted by Crippen LogP contribution is 2.15. The smallest absolute Gasteiger partial charge is 0.326 e. The lowest BCUT2D eigenvalue weighted by Gasteiger charge is -2.28. The van der Waals surface area contributed by atoms with Crippen molar-refractivity contribution in [1.29, 1.82) is 0 Å². The van der Waals surface area contributed by atoms with Crippen molar-refractivity contribution in [2.24, 2.45) is 23.5 Å². The Bertz CT molecular complexity index is 2500. The molecule has 0 aliphatic rings. The van der Waals surface area contributed by atoms with Crippen LogP contribution in [-0.2, 0) is 67.2 Å². The molecule has 434 valence electrons. The zero-order valence-electron chi connectivity index (χ0n) is 46.0. The molecule has 1 aromatic heterocycles. The first-order chi connectivity index (χ1) is 37.3. The van der Waals surface area contributed by atoms with Crippen LogP contribution in [0.5, 0.6) is 5.75 Å². The predicted octanol–water partition coefficient (Wildman–Crippen LogP) is 0.820. The summed E-state index contributed by atoms with van der Waals surface area (Å²) in [6.07, 6.45) is 3.60. The van der Waals surface area contributed by atoms with Crippen molar-refractivity contribution >= 4 is 71.0 Å². The number of hydrogen-bond acceptors (Lipinski definition) is 14. The number of phenolic OH excluding ortho intramolecular Hbond substituents is 1. The van der Waals surface area contributed by atoms with Gasteiger partial charge in [0, 0.05) is 31.2 Å². The van der Waals surface area contributed by atoms with E-state index in [2.05, 4.69) is 52.5 Å². The minimum atomic E-state index is -1.51. The number of H-pyrrole nitrogens is 1. The number of aromatic amines is 1. The second-order valence-electron chi connectivity index (χ2n) is 20.6. The average Bonchev–Trinajstić information content (AvgIpc) is 3.90. The van der Waals surface area contributed by atoms with Crippen molar-refractivity contribution in [2.45, 2.75) is 154 Å². The van der Waals surface area contributed by atoms with Crippen LogP contribution in [0.4, 0.5) is 0 Å². The molecule has 24 nitrogen and oxygen atoms in total. The molecular weight excluding hydrogens is 1040 g/mol. The van der Waals surface area contributed by atoms with Gasteiger partial charge in [0.05, 0.1) is 12.4 Å². The number of carboxylic acid groups (broad SMARTS) is 2. The predicted molar refractivity (Wildman–Crippen MR) is 295 cm³/mol. The third-order valence-electron chi connectivity index (χ3n) is 12.4. The van der Waals surface area contributed by atoms with E-state index in [1.54, 1.807) is 58.2 Å². The summed E-state index contributed by atoms with van der Waals surface area (Å²) in [4.78, 5) is 142. The van der Waals surface area contributed by atoms with E-state index >= 15 is 0 Å². The molecule has 9 atom stereocenters. The lowest BCUT2D eigenvalue weighted by molar-refractivity contribution is -0.143. The maximum Gasteiger partial charge on any atom is 0.326 e. The summed E-state index contributed by atoms with van der Waals surface area (Å²) >= 11 is 1.34. The van der Waals surface area contributed by atoms with Gasteiger partial charge < -0.3 is 68.6 Å². The van der Waals surface area contributed by atoms with Crippen LogP contribution in [0.15, 0.2) is 67.1 Å². The Labute approximate surface area is 464 Å². The number of phenols is 1. The largest absolute Gasteiger partial charge is 0.508 e. The molecule has 8 amide bonds. The van der Waals surface area contributed by atoms with Gasteiger partial charge in [0.15, 0.2) is 0 Å². The van der Waals surface area contributed by atoms with Crippen LogP contribution < -0.4 is 48.3 Å². The zero-order valence-corrected chi connectivity index (χ0v) is 46.8. The lowest BCUT2D eigenvalue weighted by Crippen LogP contribution is -2.60. The third-order valence-corrected chi connectivity index (χ3v) is 13.1. The molecule has 0 bridgehead atoms. The molecular formula is C54H79N11O13S. The average molecular weight is 1120 g/mol. The van der Waals surface area contributed by atoms with Crippen LogP contribution in [0.3, 0.4) is 0 Å². The number of benzene rings is 2. The highest BCUT2D eigenvalue weighted by molar-refractivity contribution is 7.98. The molecule has 0 aliphatic heterocycles. The first kappa shape index (κ1) is 65.7. The second-order valence-corrected chi connectivity index (χ2v) is 21.6. The number of nitrogens with one attached hydrogen (secondary N) is 9. The number of carbonyl (C=O) groups excluding carboxylic acids is 8. The molecule has 2 aromatic carbocycles. The van der Waals surface area contributed by atoms with Gasteiger partial charge in [-0.1, -0.05) is 84.0 Å². The van der Waals surface area contributed by atoms with E-state index in [0.29, 0.717) is 17.0 Å². The summed E-state index contributed by atoms with van der Waals surface area (Å²) in [6.45, 7) is 11.8. The van der Waals surface area contributed by atoms with Gasteiger partial charge in [0.2, 0.25) is 47.3 Å². The first-order valence-corrected chi connectivity index (χ1v) is 27.6. The van der Waals surface area contributed by atoms with Gasteiger partial charge in [-0.25, -0.2) is 9.78 Å². The van der Waals surface area contributed by atoms with Crippen molar-refractivity contribution in [2.75, 3.05) is 12.0 Å². The number of carbonyl (C=O) groups is 10. The van der Waals surface area contributed by atoms with Crippen LogP contribution >= 0.6 is 11.8 Å². The van der Waals surface area contributed by atoms with Gasteiger partial charge in [-0.2, -0.15) is 11.8 Å². The Kier molecular flexibility index (Phi) is 27.5. The second kappa shape index (κ2) is 33.0. The Morgan fingerprint density at radius 1 is 0.557 bits per heavy atom. The van der Waals surface area contributed by atoms with Crippen molar-refractivity contribution in [1.82, 2.24) is 52.5 Å². The van der Waals surface area contributed by atoms with Crippen LogP contribution in [0.1, 0.15) is 97.4 Å². The van der Waals surface area contributed by atoms with Crippen LogP contribution in [0.2, 0.25) is 0 Å². The maximum absolute atomic E-state index is 14.3. The molecule has 14 N–H and O–H groups in total. The topological polar surface area (TPSA) is 382 Å². The van der Waals surface area contributed by atoms with Crippen molar-refractivity contribution in [3.63, 3.8) is 0 Å². The summed E-state index contributed by atoms with van der Waals surface area (Å²) < 4.78 is 0. The third kappa shape index (κ3) is 23.5. The summed E-state index contributed by atoms with van der Waals surface area (Å²) in [5, 5.41) is 50.1. The molecule has 0 aliphatic carbocycles. The fourth-order valence-electron chi connectivity index (χ4n) is 8.12. The molecule has 1 heterocycles. The molecule has 0 saturated carbocycles. The van der Waals surface area contributed by atoms with Gasteiger partial charge in [-0.05, 0) is 92.0 Å². The lowest BCUT2D eigenvalue weighted by atomic mass is 9.99. The molecule has 79 heavy (non-hydrogen) atoms. The number of nitrogens with two attached hydrogens (primary N) is 1. The van der Waals surface area contributed by atoms with E-state index in [1.807, 2.05) is 19.9 Å². The van der Waals surface area contributed by atoms with Gasteiger partial charge in [-0.3, -0.25) is 43.2 Å². The molecule has 3 aromatic rings. The highest BCUT2D eigenvalue weighted by Gasteiger charge is 2.35. The Morgan fingerprint density at radius 2 is 1.03 bits per heavy atom. The number of rotatable bonds is 34. The van der Waals surface area contributed by atoms with Crippen molar-refractivity contribution in [3.05, 3.63) is 83.9 Å². The van der Waals surface area contributed by atoms with E-state index in [-0.39, 0.29) is 56.1 Å². The maximum atomic E-state index is 14.3.